The number of urea groups is 1. The molecule has 0 spiro atoms. The molecule has 0 aliphatic carbocycles. The zero-order valence-electron chi connectivity index (χ0n) is 24.5. The van der Waals surface area contributed by atoms with Gasteiger partial charge < -0.3 is 20.5 Å². The number of carbonyl (C=O) groups is 2. The van der Waals surface area contributed by atoms with E-state index in [2.05, 4.69) is 5.32 Å². The number of likely N-dealkylation sites (tertiary alicyclic amines) is 1. The number of hydrogen-bond acceptors (Lipinski definition) is 5. The van der Waals surface area contributed by atoms with Gasteiger partial charge in [0.25, 0.3) is 0 Å². The summed E-state index contributed by atoms with van der Waals surface area (Å²) in [5, 5.41) is 12.5. The number of alkyl halides is 6. The standard InChI is InChI=1S/C32H30F6N4O4/c1-21(23-14-25(31(33,34)35)16-26(15-23)32(36,37)38)46-20-30(24-10-6-3-7-11-24)13-12-29(18-39,41-27(40)43)19-42(30)28(44)45-17-22-8-4-2-5-9-22/h2-11,14-16,21H,12-13,17,19-20H2,1H3,(H3,40,41,43)/t21-,29-,30-/m1/s1. The maximum absolute atomic E-state index is 13.8. The molecule has 244 valence electrons. The van der Waals surface area contributed by atoms with Gasteiger partial charge in [-0.2, -0.15) is 31.6 Å². The van der Waals surface area contributed by atoms with E-state index in [-0.39, 0.29) is 31.1 Å². The number of carbonyl (C=O) groups excluding carboxylic acids is 2. The number of nitrogens with two attached hydrogens (primary N) is 1. The number of benzene rings is 3. The van der Waals surface area contributed by atoms with E-state index in [1.165, 1.54) is 11.8 Å². The average Bonchev–Trinajstić information content (AvgIpc) is 3.02. The minimum atomic E-state index is -5.06. The lowest BCUT2D eigenvalue weighted by molar-refractivity contribution is -0.143. The van der Waals surface area contributed by atoms with Crippen molar-refractivity contribution in [2.75, 3.05) is 13.2 Å². The van der Waals surface area contributed by atoms with Crippen LogP contribution in [0.15, 0.2) is 78.9 Å². The number of nitrogens with one attached hydrogen (secondary N) is 1. The Kier molecular flexibility index (Phi) is 9.86. The van der Waals surface area contributed by atoms with Crippen molar-refractivity contribution in [1.29, 1.82) is 5.26 Å². The summed E-state index contributed by atoms with van der Waals surface area (Å²) in [6, 6.07) is 19.3. The quantitative estimate of drug-likeness (QED) is 0.254. The molecule has 1 fully saturated rings. The third-order valence-corrected chi connectivity index (χ3v) is 7.87. The summed E-state index contributed by atoms with van der Waals surface area (Å²) in [7, 11) is 0. The highest BCUT2D eigenvalue weighted by Gasteiger charge is 2.53. The van der Waals surface area contributed by atoms with E-state index in [0.29, 0.717) is 23.3 Å². The van der Waals surface area contributed by atoms with Crippen LogP contribution in [0.1, 0.15) is 53.7 Å². The van der Waals surface area contributed by atoms with Crippen molar-refractivity contribution in [2.24, 2.45) is 5.73 Å². The summed E-state index contributed by atoms with van der Waals surface area (Å²) in [5.41, 5.74) is 0.0397. The van der Waals surface area contributed by atoms with Crippen molar-refractivity contribution in [3.05, 3.63) is 107 Å². The van der Waals surface area contributed by atoms with E-state index in [1.807, 2.05) is 6.07 Å². The third-order valence-electron chi connectivity index (χ3n) is 7.87. The predicted octanol–water partition coefficient (Wildman–Crippen LogP) is 7.06. The molecule has 3 N–H and O–H groups in total. The molecular formula is C32H30F6N4O4. The van der Waals surface area contributed by atoms with Gasteiger partial charge in [-0.1, -0.05) is 60.7 Å². The molecule has 46 heavy (non-hydrogen) atoms. The summed E-state index contributed by atoms with van der Waals surface area (Å²) >= 11 is 0. The number of halogens is 6. The monoisotopic (exact) mass is 648 g/mol. The lowest BCUT2D eigenvalue weighted by Crippen LogP contribution is -2.67. The molecule has 3 aromatic carbocycles. The Morgan fingerprint density at radius 1 is 0.957 bits per heavy atom. The molecule has 3 atom stereocenters. The van der Waals surface area contributed by atoms with Gasteiger partial charge in [0, 0.05) is 0 Å². The Labute approximate surface area is 260 Å². The maximum Gasteiger partial charge on any atom is 0.416 e. The molecule has 0 saturated carbocycles. The van der Waals surface area contributed by atoms with Crippen LogP contribution < -0.4 is 11.1 Å². The van der Waals surface area contributed by atoms with E-state index < -0.39 is 65.9 Å². The van der Waals surface area contributed by atoms with Gasteiger partial charge in [0.15, 0.2) is 0 Å². The second-order valence-corrected chi connectivity index (χ2v) is 11.0. The minimum absolute atomic E-state index is 0.0283. The first-order valence-corrected chi connectivity index (χ1v) is 14.0. The zero-order chi connectivity index (χ0) is 33.8. The number of rotatable bonds is 8. The largest absolute Gasteiger partial charge is 0.445 e. The average molecular weight is 649 g/mol. The van der Waals surface area contributed by atoms with Crippen LogP contribution in [0.25, 0.3) is 0 Å². The van der Waals surface area contributed by atoms with Crippen molar-refractivity contribution < 1.29 is 45.4 Å². The SMILES string of the molecule is C[C@@H](OC[C@@]1(c2ccccc2)CC[C@](C#N)(NC(N)=O)CN1C(=O)OCc1ccccc1)c1cc(C(F)(F)F)cc(C(F)(F)F)c1. The molecule has 1 aliphatic rings. The molecule has 0 aromatic heterocycles. The second kappa shape index (κ2) is 13.3. The topological polar surface area (TPSA) is 118 Å². The molecule has 1 heterocycles. The molecule has 8 nitrogen and oxygen atoms in total. The third kappa shape index (κ3) is 7.71. The van der Waals surface area contributed by atoms with Crippen molar-refractivity contribution in [1.82, 2.24) is 10.2 Å². The first-order valence-electron chi connectivity index (χ1n) is 14.0. The fourth-order valence-corrected chi connectivity index (χ4v) is 5.40. The lowest BCUT2D eigenvalue weighted by atomic mass is 9.75. The Morgan fingerprint density at radius 3 is 2.04 bits per heavy atom. The highest BCUT2D eigenvalue weighted by atomic mass is 19.4. The molecule has 4 rings (SSSR count). The van der Waals surface area contributed by atoms with Crippen molar-refractivity contribution in [3.63, 3.8) is 0 Å². The number of nitrogens with zero attached hydrogens (tertiary/aromatic N) is 2. The molecule has 1 aliphatic heterocycles. The van der Waals surface area contributed by atoms with E-state index in [1.54, 1.807) is 60.7 Å². The van der Waals surface area contributed by atoms with Gasteiger partial charge in [0.05, 0.1) is 42.0 Å². The van der Waals surface area contributed by atoms with Crippen LogP contribution in [-0.2, 0) is 34.0 Å². The van der Waals surface area contributed by atoms with Crippen LogP contribution in [0.2, 0.25) is 0 Å². The number of primary amides is 1. The molecule has 1 saturated heterocycles. The van der Waals surface area contributed by atoms with E-state index in [0.717, 1.165) is 0 Å². The zero-order valence-corrected chi connectivity index (χ0v) is 24.5. The molecule has 3 aromatic rings. The van der Waals surface area contributed by atoms with Gasteiger partial charge in [0.2, 0.25) is 0 Å². The van der Waals surface area contributed by atoms with E-state index >= 15 is 0 Å². The lowest BCUT2D eigenvalue weighted by Gasteiger charge is -2.51. The fourth-order valence-electron chi connectivity index (χ4n) is 5.40. The van der Waals surface area contributed by atoms with Gasteiger partial charge in [-0.15, -0.1) is 0 Å². The Hall–Kier alpha value is -4.77. The summed E-state index contributed by atoms with van der Waals surface area (Å²) in [6.45, 7) is 0.289. The highest BCUT2D eigenvalue weighted by molar-refractivity contribution is 5.74. The van der Waals surface area contributed by atoms with Crippen LogP contribution >= 0.6 is 0 Å². The number of nitriles is 1. The van der Waals surface area contributed by atoms with Gasteiger partial charge in [0.1, 0.15) is 12.1 Å². The number of amides is 3. The highest BCUT2D eigenvalue weighted by Crippen LogP contribution is 2.43. The molecule has 0 unspecified atom stereocenters. The van der Waals surface area contributed by atoms with Gasteiger partial charge in [-0.05, 0) is 54.7 Å². The molecule has 14 heteroatoms. The van der Waals surface area contributed by atoms with Crippen molar-refractivity contribution in [2.45, 2.75) is 55.9 Å². The molecular weight excluding hydrogens is 618 g/mol. The van der Waals surface area contributed by atoms with Gasteiger partial charge in [-0.25, -0.2) is 9.59 Å². The van der Waals surface area contributed by atoms with Crippen LogP contribution in [0.3, 0.4) is 0 Å². The Morgan fingerprint density at radius 2 is 1.52 bits per heavy atom. The first-order chi connectivity index (χ1) is 21.6. The maximum atomic E-state index is 13.8. The molecule has 0 bridgehead atoms. The van der Waals surface area contributed by atoms with Crippen molar-refractivity contribution >= 4 is 12.1 Å². The smallest absolute Gasteiger partial charge is 0.416 e. The summed E-state index contributed by atoms with van der Waals surface area (Å²) in [6.07, 6.45) is -12.4. The molecule has 0 radical (unpaired) electrons. The molecule has 3 amide bonds. The summed E-state index contributed by atoms with van der Waals surface area (Å²) in [4.78, 5) is 26.9. The van der Waals surface area contributed by atoms with E-state index in [4.69, 9.17) is 15.2 Å². The van der Waals surface area contributed by atoms with Crippen LogP contribution in [0, 0.1) is 11.3 Å². The second-order valence-electron chi connectivity index (χ2n) is 11.0. The fraction of sp³-hybridized carbons (Fsp3) is 0.344. The predicted molar refractivity (Wildman–Crippen MR) is 153 cm³/mol. The van der Waals surface area contributed by atoms with Gasteiger partial charge in [-0.3, -0.25) is 4.90 Å². The minimum Gasteiger partial charge on any atom is -0.445 e. The normalized spacial score (nSPS) is 20.8. The van der Waals surface area contributed by atoms with Crippen LogP contribution in [-0.4, -0.2) is 35.7 Å². The number of piperidine rings is 1. The number of hydrogen-bond donors (Lipinski definition) is 2. The van der Waals surface area contributed by atoms with Crippen molar-refractivity contribution in [3.8, 4) is 6.07 Å². The Balaban J connectivity index is 1.74. The summed E-state index contributed by atoms with van der Waals surface area (Å²) in [5.74, 6) is 0. The summed E-state index contributed by atoms with van der Waals surface area (Å²) < 4.78 is 93.0. The van der Waals surface area contributed by atoms with Crippen LogP contribution in [0.5, 0.6) is 0 Å². The van der Waals surface area contributed by atoms with Crippen LogP contribution in [0.4, 0.5) is 35.9 Å². The van der Waals surface area contributed by atoms with Gasteiger partial charge >= 0.3 is 24.5 Å². The van der Waals surface area contributed by atoms with E-state index in [9.17, 15) is 41.2 Å². The number of ether oxygens (including phenoxy) is 2. The first kappa shape index (κ1) is 34.1. The Bertz CT molecular complexity index is 1550.